The molecule has 0 fully saturated rings. The smallest absolute Gasteiger partial charge is 0.257 e. The Balaban J connectivity index is 1.85. The average molecular weight is 378 g/mol. The molecule has 7 heteroatoms. The minimum absolute atomic E-state index is 0.00846. The maximum absolute atomic E-state index is 13.7. The lowest BCUT2D eigenvalue weighted by molar-refractivity contribution is -0.127. The number of aryl methyl sites for hydroxylation is 3. The van der Waals surface area contributed by atoms with E-state index in [4.69, 9.17) is 11.6 Å². The van der Waals surface area contributed by atoms with Crippen LogP contribution in [0.5, 0.6) is 0 Å². The molecule has 0 saturated carbocycles. The summed E-state index contributed by atoms with van der Waals surface area (Å²) in [5, 5.41) is 3.22. The van der Waals surface area contributed by atoms with Gasteiger partial charge in [0.2, 0.25) is 5.91 Å². The Bertz CT molecular complexity index is 796. The monoisotopic (exact) mass is 377 g/mol. The number of rotatable bonds is 5. The molecule has 26 heavy (non-hydrogen) atoms. The Kier molecular flexibility index (Phi) is 6.58. The number of benzene rings is 2. The zero-order chi connectivity index (χ0) is 19.3. The fraction of sp³-hybridized carbons (Fsp3) is 0.263. The van der Waals surface area contributed by atoms with E-state index in [1.165, 1.54) is 18.2 Å². The quantitative estimate of drug-likeness (QED) is 0.701. The summed E-state index contributed by atoms with van der Waals surface area (Å²) in [4.78, 5) is 23.8. The Morgan fingerprint density at radius 1 is 1.04 bits per heavy atom. The van der Waals surface area contributed by atoms with E-state index in [1.54, 1.807) is 0 Å². The van der Waals surface area contributed by atoms with E-state index in [1.807, 2.05) is 32.9 Å². The van der Waals surface area contributed by atoms with Crippen LogP contribution in [0.25, 0.3) is 0 Å². The lowest BCUT2D eigenvalue weighted by Crippen LogP contribution is -2.44. The van der Waals surface area contributed by atoms with Gasteiger partial charge in [0.1, 0.15) is 5.82 Å². The number of nitrogens with one attached hydrogen (secondary N) is 3. The van der Waals surface area contributed by atoms with Crippen molar-refractivity contribution in [3.8, 4) is 0 Å². The van der Waals surface area contributed by atoms with Gasteiger partial charge in [-0.2, -0.15) is 0 Å². The van der Waals surface area contributed by atoms with Crippen molar-refractivity contribution in [2.75, 3.05) is 11.9 Å². The van der Waals surface area contributed by atoms with Crippen LogP contribution in [0.3, 0.4) is 0 Å². The van der Waals surface area contributed by atoms with Crippen molar-refractivity contribution in [3.05, 3.63) is 63.4 Å². The molecule has 0 aromatic heterocycles. The molecular weight excluding hydrogens is 357 g/mol. The highest BCUT2D eigenvalue weighted by molar-refractivity contribution is 6.31. The highest BCUT2D eigenvalue weighted by Gasteiger charge is 2.13. The minimum Gasteiger partial charge on any atom is -0.376 e. The van der Waals surface area contributed by atoms with Gasteiger partial charge in [-0.3, -0.25) is 20.4 Å². The SMILES string of the molecule is Cc1cc(C)c(NCC(=O)NNC(=O)Cc2c(F)cccc2Cl)c(C)c1. The summed E-state index contributed by atoms with van der Waals surface area (Å²) < 4.78 is 13.7. The van der Waals surface area contributed by atoms with Crippen molar-refractivity contribution < 1.29 is 14.0 Å². The van der Waals surface area contributed by atoms with Crippen LogP contribution in [0.4, 0.5) is 10.1 Å². The van der Waals surface area contributed by atoms with Crippen molar-refractivity contribution >= 4 is 29.1 Å². The standard InChI is InChI=1S/C19H21ClFN3O2/c1-11-7-12(2)19(13(3)8-11)22-10-18(26)24-23-17(25)9-14-15(20)5-4-6-16(14)21/h4-8,22H,9-10H2,1-3H3,(H,23,25)(H,24,26). The summed E-state index contributed by atoms with van der Waals surface area (Å²) >= 11 is 5.88. The van der Waals surface area contributed by atoms with Crippen molar-refractivity contribution in [2.24, 2.45) is 0 Å². The van der Waals surface area contributed by atoms with Gasteiger partial charge in [0, 0.05) is 16.3 Å². The minimum atomic E-state index is -0.564. The first-order valence-corrected chi connectivity index (χ1v) is 8.48. The van der Waals surface area contributed by atoms with Gasteiger partial charge in [0.15, 0.2) is 0 Å². The molecule has 0 bridgehead atoms. The Morgan fingerprint density at radius 3 is 2.27 bits per heavy atom. The number of carbonyl (C=O) groups is 2. The summed E-state index contributed by atoms with van der Waals surface area (Å²) in [6, 6.07) is 8.23. The molecule has 2 rings (SSSR count). The van der Waals surface area contributed by atoms with Crippen molar-refractivity contribution in [2.45, 2.75) is 27.2 Å². The van der Waals surface area contributed by atoms with Crippen LogP contribution in [-0.2, 0) is 16.0 Å². The molecule has 0 aliphatic rings. The third-order valence-electron chi connectivity index (χ3n) is 3.84. The van der Waals surface area contributed by atoms with Crippen molar-refractivity contribution in [1.82, 2.24) is 10.9 Å². The first-order chi connectivity index (χ1) is 12.3. The topological polar surface area (TPSA) is 70.2 Å². The van der Waals surface area contributed by atoms with E-state index in [9.17, 15) is 14.0 Å². The van der Waals surface area contributed by atoms with Gasteiger partial charge in [-0.05, 0) is 44.0 Å². The molecule has 2 aromatic rings. The van der Waals surface area contributed by atoms with E-state index in [0.29, 0.717) is 0 Å². The Hall–Kier alpha value is -2.60. The van der Waals surface area contributed by atoms with Crippen LogP contribution >= 0.6 is 11.6 Å². The summed E-state index contributed by atoms with van der Waals surface area (Å²) in [6.45, 7) is 5.92. The maximum atomic E-state index is 13.7. The highest BCUT2D eigenvalue weighted by Crippen LogP contribution is 2.21. The van der Waals surface area contributed by atoms with Crippen LogP contribution < -0.4 is 16.2 Å². The van der Waals surface area contributed by atoms with Gasteiger partial charge in [0.25, 0.3) is 5.91 Å². The third-order valence-corrected chi connectivity index (χ3v) is 4.20. The van der Waals surface area contributed by atoms with E-state index >= 15 is 0 Å². The van der Waals surface area contributed by atoms with Gasteiger partial charge in [0.05, 0.1) is 13.0 Å². The first kappa shape index (κ1) is 19.7. The predicted octanol–water partition coefficient (Wildman–Crippen LogP) is 3.21. The molecule has 0 unspecified atom stereocenters. The first-order valence-electron chi connectivity index (χ1n) is 8.10. The normalized spacial score (nSPS) is 10.3. The number of hydrogen-bond acceptors (Lipinski definition) is 3. The summed E-state index contributed by atoms with van der Waals surface area (Å²) in [6.07, 6.45) is -0.268. The van der Waals surface area contributed by atoms with Crippen LogP contribution in [0.15, 0.2) is 30.3 Å². The molecule has 138 valence electrons. The summed E-state index contributed by atoms with van der Waals surface area (Å²) in [5.74, 6) is -1.55. The number of amides is 2. The maximum Gasteiger partial charge on any atom is 0.257 e. The average Bonchev–Trinajstić information content (AvgIpc) is 2.55. The molecule has 0 atom stereocenters. The fourth-order valence-corrected chi connectivity index (χ4v) is 2.95. The van der Waals surface area contributed by atoms with Crippen molar-refractivity contribution in [3.63, 3.8) is 0 Å². The number of halogens is 2. The van der Waals surface area contributed by atoms with Crippen molar-refractivity contribution in [1.29, 1.82) is 0 Å². The lowest BCUT2D eigenvalue weighted by Gasteiger charge is -2.14. The number of anilines is 1. The van der Waals surface area contributed by atoms with E-state index in [-0.39, 0.29) is 23.6 Å². The molecule has 5 nitrogen and oxygen atoms in total. The fourth-order valence-electron chi connectivity index (χ4n) is 2.72. The molecule has 2 amide bonds. The van der Waals surface area contributed by atoms with Gasteiger partial charge >= 0.3 is 0 Å². The van der Waals surface area contributed by atoms with Gasteiger partial charge in [-0.1, -0.05) is 35.4 Å². The number of hydrogen-bond donors (Lipinski definition) is 3. The molecule has 0 heterocycles. The van der Waals surface area contributed by atoms with Gasteiger partial charge in [-0.15, -0.1) is 0 Å². The molecule has 2 aromatic carbocycles. The largest absolute Gasteiger partial charge is 0.376 e. The Labute approximate surface area is 156 Å². The van der Waals surface area contributed by atoms with Crippen LogP contribution in [0, 0.1) is 26.6 Å². The predicted molar refractivity (Wildman–Crippen MR) is 101 cm³/mol. The van der Waals surface area contributed by atoms with Crippen LogP contribution in [0.2, 0.25) is 5.02 Å². The van der Waals surface area contributed by atoms with Gasteiger partial charge in [-0.25, -0.2) is 4.39 Å². The molecule has 0 saturated heterocycles. The van der Waals surface area contributed by atoms with Gasteiger partial charge < -0.3 is 5.32 Å². The van der Waals surface area contributed by atoms with E-state index in [2.05, 4.69) is 16.2 Å². The molecule has 0 aliphatic carbocycles. The number of carbonyl (C=O) groups excluding carboxylic acids is 2. The second-order valence-corrected chi connectivity index (χ2v) is 6.51. The summed E-state index contributed by atoms with van der Waals surface area (Å²) in [7, 11) is 0. The molecular formula is C19H21ClFN3O2. The number of hydrazine groups is 1. The zero-order valence-corrected chi connectivity index (χ0v) is 15.6. The molecule has 0 spiro atoms. The molecule has 0 aliphatic heterocycles. The van der Waals surface area contributed by atoms with Crippen LogP contribution in [-0.4, -0.2) is 18.4 Å². The Morgan fingerprint density at radius 2 is 1.65 bits per heavy atom. The van der Waals surface area contributed by atoms with E-state index in [0.717, 1.165) is 22.4 Å². The van der Waals surface area contributed by atoms with Crippen LogP contribution in [0.1, 0.15) is 22.3 Å². The summed E-state index contributed by atoms with van der Waals surface area (Å²) in [5.41, 5.74) is 8.74. The zero-order valence-electron chi connectivity index (χ0n) is 14.9. The third kappa shape index (κ3) is 5.20. The van der Waals surface area contributed by atoms with E-state index < -0.39 is 17.6 Å². The molecule has 0 radical (unpaired) electrons. The highest BCUT2D eigenvalue weighted by atomic mass is 35.5. The lowest BCUT2D eigenvalue weighted by atomic mass is 10.1. The second-order valence-electron chi connectivity index (χ2n) is 6.10. The second kappa shape index (κ2) is 8.67. The molecule has 3 N–H and O–H groups in total.